The van der Waals surface area contributed by atoms with Gasteiger partial charge in [0.1, 0.15) is 10.3 Å². The number of rotatable bonds is 6. The van der Waals surface area contributed by atoms with Gasteiger partial charge in [0.15, 0.2) is 0 Å². The maximum atomic E-state index is 12.1. The van der Waals surface area contributed by atoms with Crippen molar-refractivity contribution in [1.82, 2.24) is 4.72 Å². The number of halogens is 1. The lowest BCUT2D eigenvalue weighted by atomic mass is 10.1. The molecule has 0 aliphatic carbocycles. The molecule has 0 aliphatic heterocycles. The lowest BCUT2D eigenvalue weighted by Crippen LogP contribution is -2.41. The van der Waals surface area contributed by atoms with Gasteiger partial charge in [0, 0.05) is 0 Å². The summed E-state index contributed by atoms with van der Waals surface area (Å²) in [4.78, 5) is 11.1. The Balaban J connectivity index is 2.97. The Kier molecular flexibility index (Phi) is 5.37. The molecule has 0 saturated carbocycles. The van der Waals surface area contributed by atoms with Crippen molar-refractivity contribution in [2.45, 2.75) is 37.4 Å². The van der Waals surface area contributed by atoms with Crippen molar-refractivity contribution in [3.63, 3.8) is 0 Å². The highest BCUT2D eigenvalue weighted by Crippen LogP contribution is 2.30. The van der Waals surface area contributed by atoms with Gasteiger partial charge in [-0.25, -0.2) is 8.42 Å². The molecular formula is C11H16ClNO4S2. The summed E-state index contributed by atoms with van der Waals surface area (Å²) in [7, 11) is -3.85. The molecule has 108 valence electrons. The Bertz CT molecular complexity index is 546. The van der Waals surface area contributed by atoms with Crippen molar-refractivity contribution in [2.75, 3.05) is 0 Å². The number of sulfonamides is 1. The van der Waals surface area contributed by atoms with E-state index in [1.54, 1.807) is 6.92 Å². The monoisotopic (exact) mass is 325 g/mol. The first kappa shape index (κ1) is 16.4. The van der Waals surface area contributed by atoms with Gasteiger partial charge in [0.05, 0.1) is 4.34 Å². The minimum atomic E-state index is -3.85. The Morgan fingerprint density at radius 1 is 1.53 bits per heavy atom. The zero-order valence-corrected chi connectivity index (χ0v) is 13.2. The minimum Gasteiger partial charge on any atom is -0.480 e. The molecule has 0 amide bonds. The van der Waals surface area contributed by atoms with E-state index in [1.807, 2.05) is 13.8 Å². The highest BCUT2D eigenvalue weighted by atomic mass is 35.5. The second-order valence-electron chi connectivity index (χ2n) is 4.66. The van der Waals surface area contributed by atoms with Gasteiger partial charge in [0.25, 0.3) is 10.0 Å². The number of carboxylic acids is 1. The molecule has 0 fully saturated rings. The summed E-state index contributed by atoms with van der Waals surface area (Å²) in [6.07, 6.45) is 0.229. The lowest BCUT2D eigenvalue weighted by Gasteiger charge is -2.15. The third-order valence-corrected chi connectivity index (χ3v) is 5.90. The molecule has 0 radical (unpaired) electrons. The van der Waals surface area contributed by atoms with Crippen LogP contribution in [0.2, 0.25) is 4.34 Å². The first-order valence-electron chi connectivity index (χ1n) is 5.64. The van der Waals surface area contributed by atoms with Crippen LogP contribution in [0, 0.1) is 12.8 Å². The van der Waals surface area contributed by atoms with Gasteiger partial charge >= 0.3 is 5.97 Å². The average Bonchev–Trinajstić information content (AvgIpc) is 2.58. The number of nitrogens with one attached hydrogen (secondary N) is 1. The first-order valence-corrected chi connectivity index (χ1v) is 8.32. The van der Waals surface area contributed by atoms with Crippen molar-refractivity contribution in [3.05, 3.63) is 16.0 Å². The molecule has 1 aromatic rings. The van der Waals surface area contributed by atoms with E-state index in [0.717, 1.165) is 11.3 Å². The molecule has 0 aliphatic rings. The fraction of sp³-hybridized carbons (Fsp3) is 0.545. The predicted molar refractivity (Wildman–Crippen MR) is 75.3 cm³/mol. The fourth-order valence-electron chi connectivity index (χ4n) is 1.48. The predicted octanol–water partition coefficient (Wildman–Crippen LogP) is 2.49. The zero-order valence-electron chi connectivity index (χ0n) is 10.8. The first-order chi connectivity index (χ1) is 8.63. The number of hydrogen-bond donors (Lipinski definition) is 2. The highest BCUT2D eigenvalue weighted by Gasteiger charge is 2.27. The number of hydrogen-bond acceptors (Lipinski definition) is 4. The van der Waals surface area contributed by atoms with Crippen LogP contribution in [-0.2, 0) is 14.8 Å². The van der Waals surface area contributed by atoms with Gasteiger partial charge in [0.2, 0.25) is 0 Å². The highest BCUT2D eigenvalue weighted by molar-refractivity contribution is 7.91. The topological polar surface area (TPSA) is 83.5 Å². The van der Waals surface area contributed by atoms with Crippen LogP contribution < -0.4 is 4.72 Å². The third-order valence-electron chi connectivity index (χ3n) is 2.40. The third kappa shape index (κ3) is 4.45. The Morgan fingerprint density at radius 3 is 2.47 bits per heavy atom. The second kappa shape index (κ2) is 6.21. The fourth-order valence-corrected chi connectivity index (χ4v) is 4.41. The van der Waals surface area contributed by atoms with Crippen LogP contribution in [0.5, 0.6) is 0 Å². The summed E-state index contributed by atoms with van der Waals surface area (Å²) in [5.74, 6) is -1.12. The summed E-state index contributed by atoms with van der Waals surface area (Å²) >= 11 is 6.74. The van der Waals surface area contributed by atoms with Crippen molar-refractivity contribution in [2.24, 2.45) is 5.92 Å². The summed E-state index contributed by atoms with van der Waals surface area (Å²) in [5.41, 5.74) is 0.655. The quantitative estimate of drug-likeness (QED) is 0.841. The second-order valence-corrected chi connectivity index (χ2v) is 8.26. The molecule has 5 nitrogen and oxygen atoms in total. The molecule has 0 spiro atoms. The Morgan fingerprint density at radius 2 is 2.11 bits per heavy atom. The van der Waals surface area contributed by atoms with Crippen LogP contribution in [0.1, 0.15) is 25.8 Å². The summed E-state index contributed by atoms with van der Waals surface area (Å²) in [5, 5.41) is 9.04. The van der Waals surface area contributed by atoms with E-state index in [0.29, 0.717) is 9.90 Å². The number of aliphatic carboxylic acids is 1. The van der Waals surface area contributed by atoms with E-state index in [4.69, 9.17) is 16.7 Å². The number of thiophene rings is 1. The summed E-state index contributed by atoms with van der Waals surface area (Å²) < 4.78 is 26.8. The molecule has 1 rings (SSSR count). The molecule has 1 aromatic heterocycles. The van der Waals surface area contributed by atoms with Crippen LogP contribution >= 0.6 is 22.9 Å². The molecule has 1 atom stereocenters. The average molecular weight is 326 g/mol. The van der Waals surface area contributed by atoms with Gasteiger partial charge in [-0.3, -0.25) is 4.79 Å². The summed E-state index contributed by atoms with van der Waals surface area (Å²) in [6.45, 7) is 5.35. The van der Waals surface area contributed by atoms with Crippen LogP contribution in [-0.4, -0.2) is 25.5 Å². The number of carbonyl (C=O) groups is 1. The molecular weight excluding hydrogens is 310 g/mol. The molecule has 2 N–H and O–H groups in total. The molecule has 0 aromatic carbocycles. The maximum absolute atomic E-state index is 12.1. The molecule has 0 saturated heterocycles. The summed E-state index contributed by atoms with van der Waals surface area (Å²) in [6, 6.07) is 0.301. The lowest BCUT2D eigenvalue weighted by molar-refractivity contribution is -0.139. The molecule has 19 heavy (non-hydrogen) atoms. The molecule has 1 unspecified atom stereocenters. The Labute approximate surface area is 121 Å². The molecule has 8 heteroatoms. The normalized spacial score (nSPS) is 13.7. The van der Waals surface area contributed by atoms with Gasteiger partial charge in [-0.2, -0.15) is 4.72 Å². The zero-order chi connectivity index (χ0) is 14.8. The van der Waals surface area contributed by atoms with Crippen LogP contribution in [0.25, 0.3) is 0 Å². The van der Waals surface area contributed by atoms with E-state index in [9.17, 15) is 13.2 Å². The van der Waals surface area contributed by atoms with Crippen molar-refractivity contribution in [3.8, 4) is 0 Å². The van der Waals surface area contributed by atoms with Crippen molar-refractivity contribution >= 4 is 38.9 Å². The standard InChI is InChI=1S/C11H16ClNO4S2/c1-6(2)4-8(11(14)15)13-19(16,17)9-5-7(3)10(12)18-9/h5-6,8,13H,4H2,1-3H3,(H,14,15). The van der Waals surface area contributed by atoms with Gasteiger partial charge < -0.3 is 5.11 Å². The maximum Gasteiger partial charge on any atom is 0.321 e. The largest absolute Gasteiger partial charge is 0.480 e. The minimum absolute atomic E-state index is 0.0324. The van der Waals surface area contributed by atoms with Gasteiger partial charge in [-0.1, -0.05) is 25.4 Å². The number of aryl methyl sites for hydroxylation is 1. The van der Waals surface area contributed by atoms with Crippen molar-refractivity contribution in [1.29, 1.82) is 0 Å². The van der Waals surface area contributed by atoms with Crippen LogP contribution in [0.15, 0.2) is 10.3 Å². The van der Waals surface area contributed by atoms with E-state index < -0.39 is 22.0 Å². The van der Waals surface area contributed by atoms with Gasteiger partial charge in [-0.15, -0.1) is 11.3 Å². The molecule has 1 heterocycles. The van der Waals surface area contributed by atoms with E-state index in [2.05, 4.69) is 4.72 Å². The van der Waals surface area contributed by atoms with E-state index >= 15 is 0 Å². The smallest absolute Gasteiger partial charge is 0.321 e. The van der Waals surface area contributed by atoms with Crippen molar-refractivity contribution < 1.29 is 18.3 Å². The van der Waals surface area contributed by atoms with E-state index in [1.165, 1.54) is 6.07 Å². The SMILES string of the molecule is Cc1cc(S(=O)(=O)NC(CC(C)C)C(=O)O)sc1Cl. The van der Waals surface area contributed by atoms with Crippen LogP contribution in [0.3, 0.4) is 0 Å². The van der Waals surface area contributed by atoms with Gasteiger partial charge in [-0.05, 0) is 30.9 Å². The number of carboxylic acid groups (broad SMARTS) is 1. The van der Waals surface area contributed by atoms with E-state index in [-0.39, 0.29) is 16.5 Å². The molecule has 0 bridgehead atoms. The van der Waals surface area contributed by atoms with Crippen LogP contribution in [0.4, 0.5) is 0 Å². The Hall–Kier alpha value is -0.630.